The zero-order valence-corrected chi connectivity index (χ0v) is 17.9. The number of hydrogen-bond acceptors (Lipinski definition) is 6. The molecule has 2 amide bonds. The van der Waals surface area contributed by atoms with Gasteiger partial charge in [-0.3, -0.25) is 14.5 Å². The van der Waals surface area contributed by atoms with E-state index in [9.17, 15) is 9.59 Å². The van der Waals surface area contributed by atoms with Crippen molar-refractivity contribution in [2.45, 2.75) is 25.6 Å². The van der Waals surface area contributed by atoms with Gasteiger partial charge in [-0.2, -0.15) is 0 Å². The Morgan fingerprint density at radius 1 is 1.19 bits per heavy atom. The molecular weight excluding hydrogens is 408 g/mol. The second kappa shape index (κ2) is 10.1. The maximum atomic E-state index is 12.8. The number of benzene rings is 2. The lowest BCUT2D eigenvalue weighted by atomic mass is 10.1. The highest BCUT2D eigenvalue weighted by atomic mass is 16.5. The summed E-state index contributed by atoms with van der Waals surface area (Å²) in [6.45, 7) is 2.08. The lowest BCUT2D eigenvalue weighted by Crippen LogP contribution is -2.56. The summed E-state index contributed by atoms with van der Waals surface area (Å²) in [7, 11) is 1.69. The summed E-state index contributed by atoms with van der Waals surface area (Å²) in [6.07, 6.45) is 1.64. The molecule has 1 atom stereocenters. The highest BCUT2D eigenvalue weighted by Gasteiger charge is 2.32. The molecule has 1 fully saturated rings. The smallest absolute Gasteiger partial charge is 0.237 e. The van der Waals surface area contributed by atoms with Crippen molar-refractivity contribution in [3.05, 3.63) is 78.2 Å². The molecule has 1 unspecified atom stereocenters. The van der Waals surface area contributed by atoms with E-state index in [-0.39, 0.29) is 18.2 Å². The van der Waals surface area contributed by atoms with Crippen molar-refractivity contribution in [3.8, 4) is 11.5 Å². The van der Waals surface area contributed by atoms with Crippen LogP contribution in [-0.2, 0) is 22.7 Å². The fraction of sp³-hybridized carbons (Fsp3) is 0.292. The Morgan fingerprint density at radius 2 is 2.00 bits per heavy atom. The van der Waals surface area contributed by atoms with E-state index < -0.39 is 6.04 Å². The number of rotatable bonds is 8. The molecule has 1 saturated heterocycles. The van der Waals surface area contributed by atoms with Crippen molar-refractivity contribution < 1.29 is 18.8 Å². The normalized spacial score (nSPS) is 16.4. The minimum atomic E-state index is -0.535. The monoisotopic (exact) mass is 434 g/mol. The number of ether oxygens (including phenoxy) is 1. The third kappa shape index (κ3) is 5.53. The average Bonchev–Trinajstić information content (AvgIpc) is 3.30. The van der Waals surface area contributed by atoms with Crippen molar-refractivity contribution in [2.75, 3.05) is 20.1 Å². The number of amides is 2. The Balaban J connectivity index is 1.41. The SMILES string of the molecule is CN(Cc1ccno1)C(=O)CC1C(=O)NCCN1Cc1cccc(Oc2ccccc2)c1. The minimum absolute atomic E-state index is 0.0939. The number of hydrogen-bond donors (Lipinski definition) is 1. The van der Waals surface area contributed by atoms with Crippen LogP contribution in [0.5, 0.6) is 11.5 Å². The molecule has 2 heterocycles. The van der Waals surface area contributed by atoms with Crippen molar-refractivity contribution in [1.29, 1.82) is 0 Å². The summed E-state index contributed by atoms with van der Waals surface area (Å²) in [4.78, 5) is 29.0. The third-order valence-corrected chi connectivity index (χ3v) is 5.38. The second-order valence-corrected chi connectivity index (χ2v) is 7.77. The first-order valence-corrected chi connectivity index (χ1v) is 10.6. The van der Waals surface area contributed by atoms with Gasteiger partial charge >= 0.3 is 0 Å². The molecule has 166 valence electrons. The maximum absolute atomic E-state index is 12.8. The van der Waals surface area contributed by atoms with Gasteiger partial charge in [0.25, 0.3) is 0 Å². The Bertz CT molecular complexity index is 1040. The zero-order chi connectivity index (χ0) is 22.3. The van der Waals surface area contributed by atoms with Gasteiger partial charge in [-0.05, 0) is 29.8 Å². The molecule has 2 aromatic carbocycles. The van der Waals surface area contributed by atoms with Gasteiger partial charge in [-0.1, -0.05) is 35.5 Å². The Morgan fingerprint density at radius 3 is 2.78 bits per heavy atom. The van der Waals surface area contributed by atoms with Gasteiger partial charge in [0.2, 0.25) is 11.8 Å². The van der Waals surface area contributed by atoms with E-state index in [0.717, 1.165) is 17.1 Å². The lowest BCUT2D eigenvalue weighted by molar-refractivity contribution is -0.138. The fourth-order valence-electron chi connectivity index (χ4n) is 3.71. The summed E-state index contributed by atoms with van der Waals surface area (Å²) in [5.41, 5.74) is 1.01. The van der Waals surface area contributed by atoms with Gasteiger partial charge < -0.3 is 19.5 Å². The number of piperazine rings is 1. The van der Waals surface area contributed by atoms with Crippen LogP contribution in [0.1, 0.15) is 17.7 Å². The number of nitrogens with one attached hydrogen (secondary N) is 1. The molecule has 4 rings (SSSR count). The molecule has 1 aliphatic heterocycles. The molecule has 32 heavy (non-hydrogen) atoms. The van der Waals surface area contributed by atoms with E-state index in [0.29, 0.717) is 31.9 Å². The summed E-state index contributed by atoms with van der Waals surface area (Å²) in [6, 6.07) is 18.6. The fourth-order valence-corrected chi connectivity index (χ4v) is 3.71. The highest BCUT2D eigenvalue weighted by Crippen LogP contribution is 2.23. The second-order valence-electron chi connectivity index (χ2n) is 7.77. The van der Waals surface area contributed by atoms with Crippen LogP contribution in [0.2, 0.25) is 0 Å². The number of carbonyl (C=O) groups excluding carboxylic acids is 2. The van der Waals surface area contributed by atoms with Crippen LogP contribution in [0.3, 0.4) is 0 Å². The number of nitrogens with zero attached hydrogens (tertiary/aromatic N) is 3. The standard InChI is InChI=1S/C24H26N4O4/c1-27(17-21-10-11-26-32-21)23(29)15-22-24(30)25-12-13-28(22)16-18-6-5-9-20(14-18)31-19-7-3-2-4-8-19/h2-11,14,22H,12-13,15-17H2,1H3,(H,25,30). The first kappa shape index (κ1) is 21.6. The molecule has 0 spiro atoms. The molecular formula is C24H26N4O4. The molecule has 1 aliphatic rings. The van der Waals surface area contributed by atoms with Crippen molar-refractivity contribution in [2.24, 2.45) is 0 Å². The molecule has 0 aliphatic carbocycles. The van der Waals surface area contributed by atoms with Crippen LogP contribution in [0.4, 0.5) is 0 Å². The first-order valence-electron chi connectivity index (χ1n) is 10.6. The molecule has 3 aromatic rings. The van der Waals surface area contributed by atoms with Gasteiger partial charge in [0.1, 0.15) is 11.5 Å². The number of carbonyl (C=O) groups is 2. The van der Waals surface area contributed by atoms with E-state index in [1.165, 1.54) is 0 Å². The molecule has 1 aromatic heterocycles. The van der Waals surface area contributed by atoms with Crippen LogP contribution >= 0.6 is 0 Å². The zero-order valence-electron chi connectivity index (χ0n) is 17.9. The van der Waals surface area contributed by atoms with E-state index in [2.05, 4.69) is 10.5 Å². The van der Waals surface area contributed by atoms with Crippen LogP contribution < -0.4 is 10.1 Å². The molecule has 1 N–H and O–H groups in total. The van der Waals surface area contributed by atoms with Crippen molar-refractivity contribution in [1.82, 2.24) is 20.3 Å². The van der Waals surface area contributed by atoms with E-state index in [4.69, 9.17) is 9.26 Å². The van der Waals surface area contributed by atoms with Gasteiger partial charge in [0.05, 0.1) is 25.2 Å². The van der Waals surface area contributed by atoms with Crippen molar-refractivity contribution in [3.63, 3.8) is 0 Å². The van der Waals surface area contributed by atoms with Crippen LogP contribution in [-0.4, -0.2) is 52.9 Å². The molecule has 8 nitrogen and oxygen atoms in total. The predicted octanol–water partition coefficient (Wildman–Crippen LogP) is 2.82. The first-order chi connectivity index (χ1) is 15.6. The van der Waals surface area contributed by atoms with Crippen LogP contribution in [0, 0.1) is 0 Å². The lowest BCUT2D eigenvalue weighted by Gasteiger charge is -2.35. The summed E-state index contributed by atoms with van der Waals surface area (Å²) < 4.78 is 11.0. The average molecular weight is 434 g/mol. The highest BCUT2D eigenvalue weighted by molar-refractivity contribution is 5.88. The quantitative estimate of drug-likeness (QED) is 0.587. The molecule has 0 radical (unpaired) electrons. The Hall–Kier alpha value is -3.65. The summed E-state index contributed by atoms with van der Waals surface area (Å²) in [5.74, 6) is 1.83. The Kier molecular flexibility index (Phi) is 6.81. The topological polar surface area (TPSA) is 87.9 Å². The van der Waals surface area contributed by atoms with Gasteiger partial charge in [0, 0.05) is 32.7 Å². The molecule has 0 saturated carbocycles. The van der Waals surface area contributed by atoms with E-state index >= 15 is 0 Å². The predicted molar refractivity (Wildman–Crippen MR) is 118 cm³/mol. The largest absolute Gasteiger partial charge is 0.457 e. The minimum Gasteiger partial charge on any atom is -0.457 e. The van der Waals surface area contributed by atoms with Crippen LogP contribution in [0.25, 0.3) is 0 Å². The van der Waals surface area contributed by atoms with Gasteiger partial charge in [-0.25, -0.2) is 0 Å². The van der Waals surface area contributed by atoms with Crippen molar-refractivity contribution >= 4 is 11.8 Å². The molecule has 8 heteroatoms. The number of aromatic nitrogens is 1. The third-order valence-electron chi connectivity index (χ3n) is 5.38. The van der Waals surface area contributed by atoms with Gasteiger partial charge in [-0.15, -0.1) is 0 Å². The van der Waals surface area contributed by atoms with Crippen LogP contribution in [0.15, 0.2) is 71.4 Å². The maximum Gasteiger partial charge on any atom is 0.237 e. The van der Waals surface area contributed by atoms with E-state index in [1.54, 1.807) is 24.2 Å². The Labute approximate surface area is 186 Å². The summed E-state index contributed by atoms with van der Waals surface area (Å²) in [5, 5.41) is 6.54. The number of para-hydroxylation sites is 1. The van der Waals surface area contributed by atoms with Gasteiger partial charge in [0.15, 0.2) is 5.76 Å². The summed E-state index contributed by atoms with van der Waals surface area (Å²) >= 11 is 0. The molecule has 0 bridgehead atoms. The van der Waals surface area contributed by atoms with E-state index in [1.807, 2.05) is 59.5 Å².